The van der Waals surface area contributed by atoms with Crippen molar-refractivity contribution >= 4 is 17.4 Å². The van der Waals surface area contributed by atoms with Crippen molar-refractivity contribution < 1.29 is 9.66 Å². The molecule has 0 unspecified atom stereocenters. The highest BCUT2D eigenvalue weighted by Gasteiger charge is 2.25. The van der Waals surface area contributed by atoms with Crippen LogP contribution in [0.15, 0.2) is 35.1 Å². The Bertz CT molecular complexity index is 684. The first-order valence-electron chi connectivity index (χ1n) is 5.15. The lowest BCUT2D eigenvalue weighted by Gasteiger charge is -2.06. The van der Waals surface area contributed by atoms with Crippen molar-refractivity contribution in [2.75, 3.05) is 0 Å². The van der Waals surface area contributed by atoms with Gasteiger partial charge >= 0.3 is 11.4 Å². The molecule has 0 saturated heterocycles. The lowest BCUT2D eigenvalue weighted by atomic mass is 10.3. The summed E-state index contributed by atoms with van der Waals surface area (Å²) in [5.41, 5.74) is -0.653. The molecule has 2 rings (SSSR count). The van der Waals surface area contributed by atoms with Crippen LogP contribution in [0.2, 0.25) is 5.02 Å². The molecule has 19 heavy (non-hydrogen) atoms. The van der Waals surface area contributed by atoms with Gasteiger partial charge in [0.15, 0.2) is 5.02 Å². The van der Waals surface area contributed by atoms with Gasteiger partial charge in [0.25, 0.3) is 0 Å². The molecule has 1 aromatic carbocycles. The Hall–Kier alpha value is -2.41. The maximum atomic E-state index is 11.8. The smallest absolute Gasteiger partial charge is 0.411 e. The van der Waals surface area contributed by atoms with Crippen LogP contribution in [0.4, 0.5) is 5.82 Å². The first-order chi connectivity index (χ1) is 9.00. The fraction of sp³-hybridized carbons (Fsp3) is 0.0909. The number of rotatable bonds is 3. The summed E-state index contributed by atoms with van der Waals surface area (Å²) < 4.78 is 6.11. The summed E-state index contributed by atoms with van der Waals surface area (Å²) in [5, 5.41) is 13.8. The summed E-state index contributed by atoms with van der Waals surface area (Å²) in [7, 11) is 1.28. The highest BCUT2D eigenvalue weighted by molar-refractivity contribution is 6.33. The molecular weight excluding hydrogens is 274 g/mol. The monoisotopic (exact) mass is 281 g/mol. The van der Waals surface area contributed by atoms with Crippen LogP contribution in [0.5, 0.6) is 11.5 Å². The normalized spacial score (nSPS) is 10.2. The maximum absolute atomic E-state index is 11.8. The van der Waals surface area contributed by atoms with Crippen LogP contribution in [0.1, 0.15) is 0 Å². The third-order valence-corrected chi connectivity index (χ3v) is 2.61. The zero-order chi connectivity index (χ0) is 14.0. The Balaban J connectivity index is 2.56. The standard InChI is InChI=1S/C11H8ClN3O4/c1-14-11(16)9(8(12)10(13-14)15(17)18)19-7-5-3-2-4-6-7/h2-6H,1H3. The van der Waals surface area contributed by atoms with E-state index in [4.69, 9.17) is 16.3 Å². The number of nitro groups is 1. The van der Waals surface area contributed by atoms with Gasteiger partial charge in [-0.15, -0.1) is 4.68 Å². The molecule has 8 heteroatoms. The average molecular weight is 282 g/mol. The second-order valence-corrected chi connectivity index (χ2v) is 3.95. The molecule has 1 heterocycles. The number of benzene rings is 1. The van der Waals surface area contributed by atoms with E-state index in [1.165, 1.54) is 7.05 Å². The van der Waals surface area contributed by atoms with Crippen molar-refractivity contribution in [1.29, 1.82) is 0 Å². The van der Waals surface area contributed by atoms with Crippen LogP contribution in [-0.2, 0) is 7.05 Å². The van der Waals surface area contributed by atoms with Gasteiger partial charge in [0.2, 0.25) is 5.75 Å². The van der Waals surface area contributed by atoms with E-state index in [-0.39, 0.29) is 5.75 Å². The van der Waals surface area contributed by atoms with Gasteiger partial charge in [-0.25, -0.2) is 0 Å². The Labute approximate surface area is 112 Å². The number of nitrogens with zero attached hydrogens (tertiary/aromatic N) is 3. The minimum Gasteiger partial charge on any atom is -0.449 e. The predicted octanol–water partition coefficient (Wildman–Crippen LogP) is 2.13. The lowest BCUT2D eigenvalue weighted by molar-refractivity contribution is -0.390. The molecule has 0 bridgehead atoms. The van der Waals surface area contributed by atoms with E-state index in [2.05, 4.69) is 5.10 Å². The lowest BCUT2D eigenvalue weighted by Crippen LogP contribution is -2.22. The van der Waals surface area contributed by atoms with E-state index < -0.39 is 21.3 Å². The van der Waals surface area contributed by atoms with Crippen LogP contribution < -0.4 is 10.3 Å². The Morgan fingerprint density at radius 3 is 2.58 bits per heavy atom. The summed E-state index contributed by atoms with van der Waals surface area (Å²) in [6.07, 6.45) is 0. The van der Waals surface area contributed by atoms with E-state index in [0.29, 0.717) is 5.75 Å². The van der Waals surface area contributed by atoms with E-state index in [0.717, 1.165) is 4.68 Å². The molecule has 0 atom stereocenters. The average Bonchev–Trinajstić information content (AvgIpc) is 2.40. The molecule has 0 aliphatic rings. The van der Waals surface area contributed by atoms with Crippen molar-refractivity contribution in [1.82, 2.24) is 9.78 Å². The van der Waals surface area contributed by atoms with Crippen molar-refractivity contribution in [3.8, 4) is 11.5 Å². The van der Waals surface area contributed by atoms with E-state index in [1.807, 2.05) is 0 Å². The molecule has 0 aliphatic heterocycles. The number of ether oxygens (including phenoxy) is 1. The van der Waals surface area contributed by atoms with Gasteiger partial charge in [0.1, 0.15) is 5.75 Å². The first-order valence-corrected chi connectivity index (χ1v) is 5.52. The molecule has 2 aromatic rings. The van der Waals surface area contributed by atoms with Crippen LogP contribution in [0, 0.1) is 10.1 Å². The van der Waals surface area contributed by atoms with Crippen molar-refractivity contribution in [3.05, 3.63) is 55.8 Å². The number of hydrogen-bond acceptors (Lipinski definition) is 5. The van der Waals surface area contributed by atoms with Gasteiger partial charge in [0, 0.05) is 0 Å². The summed E-state index contributed by atoms with van der Waals surface area (Å²) in [5.74, 6) is -0.603. The second kappa shape index (κ2) is 5.07. The summed E-state index contributed by atoms with van der Waals surface area (Å²) >= 11 is 5.79. The Morgan fingerprint density at radius 2 is 2.00 bits per heavy atom. The van der Waals surface area contributed by atoms with E-state index >= 15 is 0 Å². The molecule has 0 radical (unpaired) electrons. The molecule has 0 amide bonds. The van der Waals surface area contributed by atoms with Crippen molar-refractivity contribution in [3.63, 3.8) is 0 Å². The number of para-hydroxylation sites is 1. The van der Waals surface area contributed by atoms with E-state index in [1.54, 1.807) is 30.3 Å². The number of aryl methyl sites for hydroxylation is 1. The molecule has 7 nitrogen and oxygen atoms in total. The van der Waals surface area contributed by atoms with E-state index in [9.17, 15) is 14.9 Å². The molecule has 1 aromatic heterocycles. The molecule has 0 N–H and O–H groups in total. The molecule has 0 saturated carbocycles. The molecule has 0 aliphatic carbocycles. The maximum Gasteiger partial charge on any atom is 0.411 e. The van der Waals surface area contributed by atoms with Crippen LogP contribution in [0.25, 0.3) is 0 Å². The predicted molar refractivity (Wildman–Crippen MR) is 67.7 cm³/mol. The first kappa shape index (κ1) is 13.0. The number of aromatic nitrogens is 2. The fourth-order valence-corrected chi connectivity index (χ4v) is 1.61. The zero-order valence-electron chi connectivity index (χ0n) is 9.74. The molecule has 0 spiro atoms. The van der Waals surface area contributed by atoms with Gasteiger partial charge in [0.05, 0.1) is 12.1 Å². The summed E-state index contributed by atoms with van der Waals surface area (Å²) in [4.78, 5) is 21.8. The fourth-order valence-electron chi connectivity index (χ4n) is 1.39. The highest BCUT2D eigenvalue weighted by atomic mass is 35.5. The van der Waals surface area contributed by atoms with Gasteiger partial charge < -0.3 is 14.9 Å². The summed E-state index contributed by atoms with van der Waals surface area (Å²) in [6, 6.07) is 8.36. The molecule has 0 fully saturated rings. The minimum atomic E-state index is -0.778. The van der Waals surface area contributed by atoms with Crippen LogP contribution in [-0.4, -0.2) is 14.7 Å². The van der Waals surface area contributed by atoms with Crippen LogP contribution >= 0.6 is 11.6 Å². The quantitative estimate of drug-likeness (QED) is 0.635. The third kappa shape index (κ3) is 2.55. The van der Waals surface area contributed by atoms with Gasteiger partial charge in [-0.05, 0) is 17.1 Å². The largest absolute Gasteiger partial charge is 0.449 e. The Morgan fingerprint density at radius 1 is 1.37 bits per heavy atom. The molecule has 98 valence electrons. The second-order valence-electron chi connectivity index (χ2n) is 3.57. The Kier molecular flexibility index (Phi) is 3.48. The third-order valence-electron chi connectivity index (χ3n) is 2.26. The van der Waals surface area contributed by atoms with Crippen LogP contribution in [0.3, 0.4) is 0 Å². The van der Waals surface area contributed by atoms with Crippen molar-refractivity contribution in [2.24, 2.45) is 7.05 Å². The van der Waals surface area contributed by atoms with Gasteiger partial charge in [-0.2, -0.15) is 0 Å². The SMILES string of the molecule is Cn1nc([N+](=O)[O-])c(Cl)c(Oc2ccccc2)c1=O. The minimum absolute atomic E-state index is 0.322. The summed E-state index contributed by atoms with van der Waals surface area (Å²) in [6.45, 7) is 0. The molecular formula is C11H8ClN3O4. The number of hydrogen-bond donors (Lipinski definition) is 0. The van der Waals surface area contributed by atoms with Gasteiger partial charge in [-0.3, -0.25) is 4.79 Å². The highest BCUT2D eigenvalue weighted by Crippen LogP contribution is 2.31. The van der Waals surface area contributed by atoms with Crippen molar-refractivity contribution in [2.45, 2.75) is 0 Å². The zero-order valence-corrected chi connectivity index (χ0v) is 10.5. The topological polar surface area (TPSA) is 87.3 Å². The van der Waals surface area contributed by atoms with Gasteiger partial charge in [-0.1, -0.05) is 29.8 Å². The number of halogens is 1.